The molecule has 1 rings (SSSR count). The first kappa shape index (κ1) is 20.4. The summed E-state index contributed by atoms with van der Waals surface area (Å²) >= 11 is 0. The molecule has 5 nitrogen and oxygen atoms in total. The van der Waals surface area contributed by atoms with E-state index in [-0.39, 0.29) is 29.9 Å². The maximum absolute atomic E-state index is 11.7. The normalized spacial score (nSPS) is 10.3. The molecule has 0 saturated carbocycles. The number of carbonyl (C=O) groups is 1. The SMILES string of the molecule is C=CCNC(=NCCC(=O)NCc1ccccc1)NCC.I. The quantitative estimate of drug-likeness (QED) is 0.263. The van der Waals surface area contributed by atoms with Crippen LogP contribution in [0.3, 0.4) is 0 Å². The summed E-state index contributed by atoms with van der Waals surface area (Å²) in [5, 5.41) is 9.08. The molecule has 0 fully saturated rings. The largest absolute Gasteiger partial charge is 0.357 e. The molecule has 22 heavy (non-hydrogen) atoms. The van der Waals surface area contributed by atoms with Crippen LogP contribution in [0.1, 0.15) is 18.9 Å². The van der Waals surface area contributed by atoms with E-state index >= 15 is 0 Å². The van der Waals surface area contributed by atoms with Crippen molar-refractivity contribution in [2.75, 3.05) is 19.6 Å². The van der Waals surface area contributed by atoms with Gasteiger partial charge in [-0.3, -0.25) is 9.79 Å². The molecule has 122 valence electrons. The number of rotatable bonds is 8. The Hall–Kier alpha value is -1.57. The lowest BCUT2D eigenvalue weighted by molar-refractivity contribution is -0.121. The van der Waals surface area contributed by atoms with E-state index in [0.29, 0.717) is 32.0 Å². The Kier molecular flexibility index (Phi) is 12.2. The molecule has 0 radical (unpaired) electrons. The van der Waals surface area contributed by atoms with Gasteiger partial charge >= 0.3 is 0 Å². The van der Waals surface area contributed by atoms with Gasteiger partial charge in [0.15, 0.2) is 5.96 Å². The average molecular weight is 416 g/mol. The lowest BCUT2D eigenvalue weighted by atomic mass is 10.2. The van der Waals surface area contributed by atoms with Gasteiger partial charge in [-0.2, -0.15) is 0 Å². The van der Waals surface area contributed by atoms with Gasteiger partial charge in [0.05, 0.1) is 6.54 Å². The molecule has 1 aromatic carbocycles. The maximum Gasteiger partial charge on any atom is 0.222 e. The Bertz CT molecular complexity index is 462. The molecule has 0 aliphatic heterocycles. The van der Waals surface area contributed by atoms with Crippen LogP contribution in [0, 0.1) is 0 Å². The Morgan fingerprint density at radius 2 is 1.95 bits per heavy atom. The van der Waals surface area contributed by atoms with Crippen LogP contribution in [0.5, 0.6) is 0 Å². The number of halogens is 1. The Balaban J connectivity index is 0.00000441. The average Bonchev–Trinajstić information content (AvgIpc) is 2.51. The smallest absolute Gasteiger partial charge is 0.222 e. The van der Waals surface area contributed by atoms with Crippen LogP contribution >= 0.6 is 24.0 Å². The summed E-state index contributed by atoms with van der Waals surface area (Å²) in [5.74, 6) is 0.704. The molecular formula is C16H25IN4O. The highest BCUT2D eigenvalue weighted by Gasteiger charge is 2.01. The van der Waals surface area contributed by atoms with Gasteiger partial charge in [0.25, 0.3) is 0 Å². The fraction of sp³-hybridized carbons (Fsp3) is 0.375. The van der Waals surface area contributed by atoms with Gasteiger partial charge in [0.1, 0.15) is 0 Å². The number of nitrogens with one attached hydrogen (secondary N) is 3. The molecule has 0 spiro atoms. The first-order chi connectivity index (χ1) is 10.3. The second-order valence-electron chi connectivity index (χ2n) is 4.44. The first-order valence-corrected chi connectivity index (χ1v) is 7.20. The van der Waals surface area contributed by atoms with E-state index in [2.05, 4.69) is 27.5 Å². The maximum atomic E-state index is 11.7. The molecule has 1 amide bonds. The minimum Gasteiger partial charge on any atom is -0.357 e. The highest BCUT2D eigenvalue weighted by molar-refractivity contribution is 14.0. The zero-order valence-corrected chi connectivity index (χ0v) is 15.3. The number of aliphatic imine (C=N–C) groups is 1. The number of nitrogens with zero attached hydrogens (tertiary/aromatic N) is 1. The van der Waals surface area contributed by atoms with Gasteiger partial charge in [-0.25, -0.2) is 0 Å². The topological polar surface area (TPSA) is 65.5 Å². The van der Waals surface area contributed by atoms with E-state index in [4.69, 9.17) is 0 Å². The van der Waals surface area contributed by atoms with Crippen molar-refractivity contribution >= 4 is 35.8 Å². The lowest BCUT2D eigenvalue weighted by Gasteiger charge is -2.09. The van der Waals surface area contributed by atoms with Gasteiger partial charge in [-0.1, -0.05) is 36.4 Å². The zero-order valence-electron chi connectivity index (χ0n) is 13.0. The summed E-state index contributed by atoms with van der Waals surface area (Å²) < 4.78 is 0. The van der Waals surface area contributed by atoms with E-state index in [1.807, 2.05) is 37.3 Å². The van der Waals surface area contributed by atoms with Crippen molar-refractivity contribution in [1.82, 2.24) is 16.0 Å². The summed E-state index contributed by atoms with van der Waals surface area (Å²) in [6, 6.07) is 9.85. The zero-order chi connectivity index (χ0) is 15.3. The minimum atomic E-state index is 0. The third-order valence-electron chi connectivity index (χ3n) is 2.70. The molecule has 0 bridgehead atoms. The molecule has 0 aromatic heterocycles. The number of guanidine groups is 1. The van der Waals surface area contributed by atoms with Crippen LogP contribution in [-0.4, -0.2) is 31.5 Å². The van der Waals surface area contributed by atoms with Gasteiger partial charge in [-0.05, 0) is 12.5 Å². The van der Waals surface area contributed by atoms with Gasteiger partial charge in [-0.15, -0.1) is 30.6 Å². The van der Waals surface area contributed by atoms with Crippen molar-refractivity contribution in [3.8, 4) is 0 Å². The Labute approximate surface area is 149 Å². The molecular weight excluding hydrogens is 391 g/mol. The van der Waals surface area contributed by atoms with Gasteiger partial charge < -0.3 is 16.0 Å². The molecule has 0 saturated heterocycles. The van der Waals surface area contributed by atoms with E-state index in [1.54, 1.807) is 6.08 Å². The fourth-order valence-corrected chi connectivity index (χ4v) is 1.66. The van der Waals surface area contributed by atoms with Crippen LogP contribution in [-0.2, 0) is 11.3 Å². The molecule has 0 aliphatic carbocycles. The van der Waals surface area contributed by atoms with Crippen molar-refractivity contribution in [3.05, 3.63) is 48.6 Å². The molecule has 1 aromatic rings. The summed E-state index contributed by atoms with van der Waals surface area (Å²) in [6.07, 6.45) is 2.14. The number of hydrogen-bond acceptors (Lipinski definition) is 2. The Morgan fingerprint density at radius 3 is 2.59 bits per heavy atom. The van der Waals surface area contributed by atoms with Crippen molar-refractivity contribution in [1.29, 1.82) is 0 Å². The van der Waals surface area contributed by atoms with Crippen molar-refractivity contribution in [2.45, 2.75) is 19.9 Å². The van der Waals surface area contributed by atoms with E-state index < -0.39 is 0 Å². The summed E-state index contributed by atoms with van der Waals surface area (Å²) in [4.78, 5) is 16.1. The van der Waals surface area contributed by atoms with Crippen LogP contribution in [0.15, 0.2) is 48.0 Å². The number of carbonyl (C=O) groups excluding carboxylic acids is 1. The van der Waals surface area contributed by atoms with Crippen LogP contribution in [0.2, 0.25) is 0 Å². The summed E-state index contributed by atoms with van der Waals surface area (Å²) in [7, 11) is 0. The first-order valence-electron chi connectivity index (χ1n) is 7.20. The number of amides is 1. The predicted octanol–water partition coefficient (Wildman–Crippen LogP) is 2.05. The van der Waals surface area contributed by atoms with Crippen LogP contribution < -0.4 is 16.0 Å². The third kappa shape index (κ3) is 9.38. The monoisotopic (exact) mass is 416 g/mol. The van der Waals surface area contributed by atoms with Crippen molar-refractivity contribution < 1.29 is 4.79 Å². The summed E-state index contributed by atoms with van der Waals surface area (Å²) in [6.45, 7) is 8.07. The third-order valence-corrected chi connectivity index (χ3v) is 2.70. The molecule has 0 atom stereocenters. The number of hydrogen-bond donors (Lipinski definition) is 3. The molecule has 6 heteroatoms. The number of benzene rings is 1. The highest BCUT2D eigenvalue weighted by Crippen LogP contribution is 1.97. The second kappa shape index (κ2) is 13.1. The van der Waals surface area contributed by atoms with Crippen molar-refractivity contribution in [3.63, 3.8) is 0 Å². The molecule has 3 N–H and O–H groups in total. The van der Waals surface area contributed by atoms with Gasteiger partial charge in [0.2, 0.25) is 5.91 Å². The van der Waals surface area contributed by atoms with Crippen LogP contribution in [0.25, 0.3) is 0 Å². The van der Waals surface area contributed by atoms with Gasteiger partial charge in [0, 0.05) is 26.1 Å². The fourth-order valence-electron chi connectivity index (χ4n) is 1.66. The van der Waals surface area contributed by atoms with E-state index in [0.717, 1.165) is 12.1 Å². The second-order valence-corrected chi connectivity index (χ2v) is 4.44. The summed E-state index contributed by atoms with van der Waals surface area (Å²) in [5.41, 5.74) is 1.09. The lowest BCUT2D eigenvalue weighted by Crippen LogP contribution is -2.37. The van der Waals surface area contributed by atoms with Crippen LogP contribution in [0.4, 0.5) is 0 Å². The van der Waals surface area contributed by atoms with E-state index in [9.17, 15) is 4.79 Å². The van der Waals surface area contributed by atoms with Crippen molar-refractivity contribution in [2.24, 2.45) is 4.99 Å². The molecule has 0 heterocycles. The predicted molar refractivity (Wildman–Crippen MR) is 102 cm³/mol. The standard InChI is InChI=1S/C16H24N4O.HI/c1-3-11-18-16(17-4-2)19-12-10-15(21)20-13-14-8-6-5-7-9-14;/h3,5-9H,1,4,10-13H2,2H3,(H,20,21)(H2,17,18,19);1H. The Morgan fingerprint density at radius 1 is 1.23 bits per heavy atom. The highest BCUT2D eigenvalue weighted by atomic mass is 127. The minimum absolute atomic E-state index is 0. The molecule has 0 aliphatic rings. The van der Waals surface area contributed by atoms with E-state index in [1.165, 1.54) is 0 Å². The molecule has 0 unspecified atom stereocenters.